The van der Waals surface area contributed by atoms with Gasteiger partial charge in [-0.3, -0.25) is 9.69 Å². The number of carbonyl (C=O) groups excluding carboxylic acids is 1. The maximum absolute atomic E-state index is 12.9. The van der Waals surface area contributed by atoms with E-state index in [1.54, 1.807) is 0 Å². The highest BCUT2D eigenvalue weighted by atomic mass is 16.6. The van der Waals surface area contributed by atoms with E-state index < -0.39 is 12.0 Å². The predicted molar refractivity (Wildman–Crippen MR) is 111 cm³/mol. The topological polar surface area (TPSA) is 54.4 Å². The third kappa shape index (κ3) is 3.08. The summed E-state index contributed by atoms with van der Waals surface area (Å²) in [6.07, 6.45) is 1.87. The Labute approximate surface area is 170 Å². The molecule has 6 nitrogen and oxygen atoms in total. The summed E-state index contributed by atoms with van der Waals surface area (Å²) < 4.78 is 5.19. The molecule has 0 amide bonds. The number of benzene rings is 2. The molecule has 0 aromatic heterocycles. The number of hydrogen-bond donors (Lipinski definition) is 0. The van der Waals surface area contributed by atoms with Crippen LogP contribution in [-0.4, -0.2) is 55.1 Å². The molecule has 2 fully saturated rings. The van der Waals surface area contributed by atoms with Crippen molar-refractivity contribution in [1.82, 2.24) is 4.90 Å². The van der Waals surface area contributed by atoms with Crippen molar-refractivity contribution < 1.29 is 14.4 Å². The van der Waals surface area contributed by atoms with Crippen LogP contribution >= 0.6 is 0 Å². The number of rotatable bonds is 4. The van der Waals surface area contributed by atoms with Gasteiger partial charge in [-0.15, -0.1) is 0 Å². The van der Waals surface area contributed by atoms with E-state index in [0.29, 0.717) is 11.8 Å². The molecule has 5 rings (SSSR count). The van der Waals surface area contributed by atoms with Gasteiger partial charge in [0.2, 0.25) is 0 Å². The Balaban J connectivity index is 1.52. The summed E-state index contributed by atoms with van der Waals surface area (Å²) in [5.41, 5.74) is 2.69. The summed E-state index contributed by atoms with van der Waals surface area (Å²) in [6, 6.07) is 20.6. The van der Waals surface area contributed by atoms with Crippen molar-refractivity contribution in [1.29, 1.82) is 0 Å². The van der Waals surface area contributed by atoms with Crippen LogP contribution in [0.5, 0.6) is 0 Å². The highest BCUT2D eigenvalue weighted by Gasteiger charge is 2.54. The second-order valence-corrected chi connectivity index (χ2v) is 7.85. The Hall–Kier alpha value is -2.86. The highest BCUT2D eigenvalue weighted by molar-refractivity contribution is 6.13. The van der Waals surface area contributed by atoms with E-state index in [1.165, 1.54) is 20.0 Å². The molecule has 2 saturated heterocycles. The Morgan fingerprint density at radius 2 is 1.83 bits per heavy atom. The summed E-state index contributed by atoms with van der Waals surface area (Å²) >= 11 is 0. The average Bonchev–Trinajstić information content (AvgIpc) is 3.48. The molecule has 3 aliphatic heterocycles. The second kappa shape index (κ2) is 7.52. The molecule has 0 N–H and O–H groups in total. The van der Waals surface area contributed by atoms with Crippen molar-refractivity contribution in [2.75, 3.05) is 25.1 Å². The molecule has 0 bridgehead atoms. The van der Waals surface area contributed by atoms with Crippen LogP contribution < -0.4 is 4.90 Å². The first kappa shape index (κ1) is 18.2. The van der Waals surface area contributed by atoms with E-state index in [9.17, 15) is 4.79 Å². The van der Waals surface area contributed by atoms with Crippen LogP contribution in [-0.2, 0) is 14.4 Å². The zero-order chi connectivity index (χ0) is 19.8. The number of hydrogen-bond acceptors (Lipinski definition) is 6. The van der Waals surface area contributed by atoms with E-state index in [2.05, 4.69) is 39.2 Å². The SMILES string of the molecule is COC(=O)C1C(c2ccccc2)=NOC1[C@H]1N(c2ccccc2)C[C@@H]2CCCN21. The van der Waals surface area contributed by atoms with E-state index in [1.807, 2.05) is 36.4 Å². The molecule has 150 valence electrons. The van der Waals surface area contributed by atoms with Gasteiger partial charge in [0, 0.05) is 30.4 Å². The first-order chi connectivity index (χ1) is 14.3. The molecule has 2 unspecified atom stereocenters. The Kier molecular flexibility index (Phi) is 4.72. The molecular formula is C23H25N3O3. The lowest BCUT2D eigenvalue weighted by Crippen LogP contribution is -2.53. The van der Waals surface area contributed by atoms with Gasteiger partial charge >= 0.3 is 5.97 Å². The summed E-state index contributed by atoms with van der Waals surface area (Å²) in [5, 5.41) is 4.39. The zero-order valence-corrected chi connectivity index (χ0v) is 16.5. The van der Waals surface area contributed by atoms with Gasteiger partial charge in [0.15, 0.2) is 6.10 Å². The fraction of sp³-hybridized carbons (Fsp3) is 0.391. The van der Waals surface area contributed by atoms with Gasteiger partial charge in [-0.05, 0) is 25.0 Å². The minimum Gasteiger partial charge on any atom is -0.468 e. The fourth-order valence-corrected chi connectivity index (χ4v) is 4.99. The van der Waals surface area contributed by atoms with Crippen LogP contribution in [0.25, 0.3) is 0 Å². The monoisotopic (exact) mass is 391 g/mol. The number of ether oxygens (including phenoxy) is 1. The minimum absolute atomic E-state index is 0.0565. The van der Waals surface area contributed by atoms with Crippen molar-refractivity contribution in [2.24, 2.45) is 11.1 Å². The molecule has 3 heterocycles. The maximum Gasteiger partial charge on any atom is 0.318 e. The number of nitrogens with zero attached hydrogens (tertiary/aromatic N) is 3. The summed E-state index contributed by atoms with van der Waals surface area (Å²) in [7, 11) is 1.43. The smallest absolute Gasteiger partial charge is 0.318 e. The largest absolute Gasteiger partial charge is 0.468 e. The van der Waals surface area contributed by atoms with Gasteiger partial charge in [-0.2, -0.15) is 0 Å². The number of fused-ring (bicyclic) bond motifs is 1. The molecule has 4 atom stereocenters. The van der Waals surface area contributed by atoms with Crippen molar-refractivity contribution in [2.45, 2.75) is 31.2 Å². The molecule has 0 radical (unpaired) electrons. The van der Waals surface area contributed by atoms with Crippen molar-refractivity contribution >= 4 is 17.4 Å². The normalized spacial score (nSPS) is 28.7. The van der Waals surface area contributed by atoms with E-state index in [0.717, 1.165) is 24.3 Å². The van der Waals surface area contributed by atoms with Gasteiger partial charge < -0.3 is 14.5 Å². The van der Waals surface area contributed by atoms with Gasteiger partial charge in [0.05, 0.1) is 7.11 Å². The molecule has 0 spiro atoms. The number of carbonyl (C=O) groups is 1. The van der Waals surface area contributed by atoms with Gasteiger partial charge in [0.1, 0.15) is 17.8 Å². The first-order valence-electron chi connectivity index (χ1n) is 10.2. The van der Waals surface area contributed by atoms with Crippen LogP contribution in [0.4, 0.5) is 5.69 Å². The average molecular weight is 391 g/mol. The first-order valence-corrected chi connectivity index (χ1v) is 10.2. The molecule has 0 aliphatic carbocycles. The van der Waals surface area contributed by atoms with Crippen LogP contribution in [0.3, 0.4) is 0 Å². The molecular weight excluding hydrogens is 366 g/mol. The number of para-hydroxylation sites is 1. The number of esters is 1. The van der Waals surface area contributed by atoms with Crippen LogP contribution in [0.2, 0.25) is 0 Å². The molecule has 3 aliphatic rings. The van der Waals surface area contributed by atoms with Gasteiger partial charge in [-0.25, -0.2) is 0 Å². The van der Waals surface area contributed by atoms with Crippen molar-refractivity contribution in [3.63, 3.8) is 0 Å². The summed E-state index contributed by atoms with van der Waals surface area (Å²) in [4.78, 5) is 23.7. The molecule has 2 aromatic rings. The van der Waals surface area contributed by atoms with Crippen LogP contribution in [0, 0.1) is 5.92 Å². The van der Waals surface area contributed by atoms with E-state index >= 15 is 0 Å². The van der Waals surface area contributed by atoms with E-state index in [-0.39, 0.29) is 12.1 Å². The van der Waals surface area contributed by atoms with Gasteiger partial charge in [-0.1, -0.05) is 53.7 Å². The molecule has 2 aromatic carbocycles. The molecule has 29 heavy (non-hydrogen) atoms. The lowest BCUT2D eigenvalue weighted by atomic mass is 9.90. The number of oxime groups is 1. The van der Waals surface area contributed by atoms with Crippen LogP contribution in [0.1, 0.15) is 18.4 Å². The fourth-order valence-electron chi connectivity index (χ4n) is 4.99. The third-order valence-corrected chi connectivity index (χ3v) is 6.29. The van der Waals surface area contributed by atoms with Crippen molar-refractivity contribution in [3.05, 3.63) is 66.2 Å². The zero-order valence-electron chi connectivity index (χ0n) is 16.5. The third-order valence-electron chi connectivity index (χ3n) is 6.29. The lowest BCUT2D eigenvalue weighted by Gasteiger charge is -2.35. The highest BCUT2D eigenvalue weighted by Crippen LogP contribution is 2.39. The van der Waals surface area contributed by atoms with E-state index in [4.69, 9.17) is 9.57 Å². The molecule has 0 saturated carbocycles. The number of methoxy groups -OCH3 is 1. The lowest BCUT2D eigenvalue weighted by molar-refractivity contribution is -0.147. The standard InChI is InChI=1S/C23H25N3O3/c1-28-23(27)19-20(16-9-4-2-5-10-16)24-29-21(19)22-25-14-8-13-18(25)15-26(22)17-11-6-3-7-12-17/h2-7,9-12,18-19,21-22H,8,13-15H2,1H3/t18-,19?,21?,22+/m0/s1. The summed E-state index contributed by atoms with van der Waals surface area (Å²) in [5.74, 6) is -0.858. The minimum atomic E-state index is -0.557. The Bertz CT molecular complexity index is 902. The van der Waals surface area contributed by atoms with Gasteiger partial charge in [0.25, 0.3) is 0 Å². The van der Waals surface area contributed by atoms with Crippen LogP contribution in [0.15, 0.2) is 65.8 Å². The Morgan fingerprint density at radius 1 is 1.10 bits per heavy atom. The molecule has 6 heteroatoms. The maximum atomic E-state index is 12.9. The quantitative estimate of drug-likeness (QED) is 0.750. The number of anilines is 1. The summed E-state index contributed by atoms with van der Waals surface area (Å²) in [6.45, 7) is 1.94. The predicted octanol–water partition coefficient (Wildman–Crippen LogP) is 2.89. The Morgan fingerprint density at radius 3 is 2.55 bits per heavy atom. The van der Waals surface area contributed by atoms with Crippen molar-refractivity contribution in [3.8, 4) is 0 Å². The second-order valence-electron chi connectivity index (χ2n) is 7.85.